The Kier molecular flexibility index (Phi) is 20.2. The number of aliphatic carboxylic acids is 1. The van der Waals surface area contributed by atoms with E-state index in [-0.39, 0.29) is 11.8 Å². The van der Waals surface area contributed by atoms with Crippen LogP contribution in [0.25, 0.3) is 123 Å². The predicted molar refractivity (Wildman–Crippen MR) is 367 cm³/mol. The molecule has 0 fully saturated rings. The predicted octanol–water partition coefficient (Wildman–Crippen LogP) is 9.89. The highest BCUT2D eigenvalue weighted by Gasteiger charge is 2.38. The lowest BCUT2D eigenvalue weighted by atomic mass is 10.0. The molecule has 4 amide bonds. The van der Waals surface area contributed by atoms with E-state index in [9.17, 15) is 32.3 Å². The second-order valence-corrected chi connectivity index (χ2v) is 22.1. The summed E-state index contributed by atoms with van der Waals surface area (Å²) in [7, 11) is 7.00. The molecule has 0 saturated heterocycles. The first kappa shape index (κ1) is 67.6. The second-order valence-electron chi connectivity index (χ2n) is 22.1. The van der Waals surface area contributed by atoms with Crippen molar-refractivity contribution in [2.75, 3.05) is 28.2 Å². The number of H-pyrrole nitrogens is 7. The number of benzene rings is 8. The Morgan fingerprint density at radius 1 is 0.440 bits per heavy atom. The van der Waals surface area contributed by atoms with E-state index >= 15 is 0 Å². The fourth-order valence-electron chi connectivity index (χ4n) is 10.4. The Hall–Kier alpha value is -13.8. The second kappa shape index (κ2) is 29.8. The van der Waals surface area contributed by atoms with Gasteiger partial charge in [-0.2, -0.15) is 48.9 Å². The molecule has 7 heterocycles. The van der Waals surface area contributed by atoms with E-state index in [1.54, 1.807) is 68.5 Å². The van der Waals surface area contributed by atoms with Gasteiger partial charge in [0.2, 0.25) is 11.8 Å². The Bertz CT molecular complexity index is 5410. The van der Waals surface area contributed by atoms with Crippen LogP contribution in [0, 0.1) is 0 Å². The molecule has 0 aliphatic rings. The first-order chi connectivity index (χ1) is 48.2. The molecule has 31 heteroatoms. The van der Waals surface area contributed by atoms with E-state index < -0.39 is 24.0 Å². The van der Waals surface area contributed by atoms with Crippen molar-refractivity contribution < 1.29 is 42.3 Å². The van der Waals surface area contributed by atoms with Crippen LogP contribution in [0.4, 0.5) is 13.2 Å². The molecule has 15 aromatic rings. The average molecular weight is 1350 g/mol. The molecular weight excluding hydrogens is 1290 g/mol. The number of aromatic amines is 7. The number of primary amides is 2. The topological polar surface area (TPSA) is 424 Å². The minimum atomic E-state index is -5.08. The number of alkyl halides is 3. The van der Waals surface area contributed by atoms with E-state index in [1.165, 1.54) is 24.5 Å². The lowest BCUT2D eigenvalue weighted by Crippen LogP contribution is -2.21. The third-order valence-corrected chi connectivity index (χ3v) is 15.3. The number of carbonyl (C=O) groups excluding carboxylic acids is 4. The number of nitrogens with zero attached hydrogens (tertiary/aromatic N) is 11. The molecule has 0 radical (unpaired) electrons. The minimum absolute atomic E-state index is 0.0379. The SMILES string of the molecule is CN(C)C(=O)c1cccc(-c2n[nH]c3ccc(-c4ncn[nH]4)cc23)c1.CNC(=O)c1cccc(-c2n[nH]c3ccc(-c4ncn[nH]4)cc23)c1.CNCc1cccc(-c2n[nH]c3ccc(C(N)=O)cc23)c1.NC(=O)c1cccc(-c2n[nH]c3ccc(-c4ncn[nH]4)cc23)c1.O=C(O)C(F)(F)F. The van der Waals surface area contributed by atoms with E-state index in [4.69, 9.17) is 21.4 Å². The monoisotopic (exact) mass is 1350 g/mol. The maximum absolute atomic E-state index is 12.2. The summed E-state index contributed by atoms with van der Waals surface area (Å²) < 4.78 is 31.7. The molecule has 8 aromatic carbocycles. The lowest BCUT2D eigenvalue weighted by Gasteiger charge is -2.10. The summed E-state index contributed by atoms with van der Waals surface area (Å²) >= 11 is 0. The average Bonchev–Trinajstić information content (AvgIpc) is 1.65. The maximum Gasteiger partial charge on any atom is 0.490 e. The van der Waals surface area contributed by atoms with Gasteiger partial charge in [-0.25, -0.2) is 19.7 Å². The van der Waals surface area contributed by atoms with Crippen molar-refractivity contribution in [3.8, 4) is 79.2 Å². The van der Waals surface area contributed by atoms with E-state index in [0.717, 1.165) is 112 Å². The molecule has 0 spiro atoms. The molecule has 15 rings (SSSR count). The molecular formula is C69H59F3N22O6. The molecule has 0 atom stereocenters. The van der Waals surface area contributed by atoms with Crippen LogP contribution in [0.2, 0.25) is 0 Å². The van der Waals surface area contributed by atoms with Gasteiger partial charge in [-0.1, -0.05) is 54.6 Å². The fourth-order valence-corrected chi connectivity index (χ4v) is 10.4. The van der Waals surface area contributed by atoms with Gasteiger partial charge in [-0.05, 0) is 128 Å². The number of amides is 4. The number of nitrogens with one attached hydrogen (secondary N) is 9. The molecule has 7 aromatic heterocycles. The van der Waals surface area contributed by atoms with Crippen molar-refractivity contribution in [2.45, 2.75) is 12.7 Å². The third kappa shape index (κ3) is 15.4. The standard InChI is InChI=1S/C18H16N6O.C17H14N6O.C16H12N6O.C16H16N4O.C2HF3O2/c1-24(2)18(25)13-5-3-4-11(8-13)16-14-9-12(17-19-10-20-23-17)6-7-15(14)21-22-16;1-18-17(24)12-4-2-3-10(7-12)15-13-8-11(16-19-9-20-23-16)5-6-14(13)21-22-15;17-15(23)10-3-1-2-9(6-10)14-12-7-11(16-18-8-19-22-16)4-5-13(12)20-21-14;1-18-9-10-3-2-4-11(7-10)15-13-8-12(16(17)21)5-6-14(13)19-20-15;3-2(4,5)1(6)7/h3-10H,1-2H3,(H,21,22)(H,19,20,23);2-9H,1H3,(H,18,24)(H,21,22)(H,19,20,23);1-8H,(H2,17,23)(H,20,21)(H,18,19,22);2-8,18H,9H2,1H3,(H2,17,21)(H,19,20);(H,6,7). The van der Waals surface area contributed by atoms with Crippen LogP contribution in [0.3, 0.4) is 0 Å². The zero-order chi connectivity index (χ0) is 70.6. The Morgan fingerprint density at radius 2 is 0.790 bits per heavy atom. The summed E-state index contributed by atoms with van der Waals surface area (Å²) in [5.74, 6) is -1.74. The molecule has 14 N–H and O–H groups in total. The molecule has 28 nitrogen and oxygen atoms in total. The highest BCUT2D eigenvalue weighted by atomic mass is 19.4. The summed E-state index contributed by atoms with van der Waals surface area (Å²) in [6, 6.07) is 53.1. The van der Waals surface area contributed by atoms with Gasteiger partial charge in [0.25, 0.3) is 11.8 Å². The Morgan fingerprint density at radius 3 is 1.16 bits per heavy atom. The van der Waals surface area contributed by atoms with Crippen molar-refractivity contribution >= 4 is 73.2 Å². The van der Waals surface area contributed by atoms with Gasteiger partial charge in [-0.3, -0.25) is 54.9 Å². The number of aromatic nitrogens is 17. The number of halogens is 3. The molecule has 0 bridgehead atoms. The van der Waals surface area contributed by atoms with E-state index in [1.807, 2.05) is 122 Å². The maximum atomic E-state index is 12.2. The molecule has 100 heavy (non-hydrogen) atoms. The normalized spacial score (nSPS) is 10.9. The van der Waals surface area contributed by atoms with Crippen LogP contribution >= 0.6 is 0 Å². The van der Waals surface area contributed by atoms with Crippen LogP contribution < -0.4 is 22.1 Å². The first-order valence-corrected chi connectivity index (χ1v) is 30.1. The smallest absolute Gasteiger partial charge is 0.475 e. The quantitative estimate of drug-likeness (QED) is 0.0510. The molecule has 0 aliphatic carbocycles. The van der Waals surface area contributed by atoms with Gasteiger partial charge in [0, 0.05) is 110 Å². The van der Waals surface area contributed by atoms with Crippen LogP contribution in [-0.2, 0) is 11.3 Å². The summed E-state index contributed by atoms with van der Waals surface area (Å²) in [4.78, 5) is 69.8. The van der Waals surface area contributed by atoms with Crippen molar-refractivity contribution in [1.82, 2.24) is 102 Å². The van der Waals surface area contributed by atoms with Crippen LogP contribution in [0.1, 0.15) is 47.0 Å². The summed E-state index contributed by atoms with van der Waals surface area (Å²) in [5, 5.41) is 66.5. The molecule has 502 valence electrons. The van der Waals surface area contributed by atoms with Crippen molar-refractivity contribution in [1.29, 1.82) is 0 Å². The van der Waals surface area contributed by atoms with Crippen LogP contribution in [0.15, 0.2) is 189 Å². The summed E-state index contributed by atoms with van der Waals surface area (Å²) in [6.07, 6.45) is -0.666. The molecule has 0 aliphatic heterocycles. The number of hydrogen-bond acceptors (Lipinski definition) is 16. The van der Waals surface area contributed by atoms with Gasteiger partial charge in [0.05, 0.1) is 44.8 Å². The number of carbonyl (C=O) groups is 5. The molecule has 0 unspecified atom stereocenters. The van der Waals surface area contributed by atoms with Gasteiger partial charge >= 0.3 is 12.1 Å². The van der Waals surface area contributed by atoms with Gasteiger partial charge in [-0.15, -0.1) is 0 Å². The van der Waals surface area contributed by atoms with Gasteiger partial charge in [0.15, 0.2) is 17.5 Å². The van der Waals surface area contributed by atoms with E-state index in [0.29, 0.717) is 39.7 Å². The Balaban J connectivity index is 0.000000130. The summed E-state index contributed by atoms with van der Waals surface area (Å²) in [5.41, 5.74) is 27.1. The van der Waals surface area contributed by atoms with Crippen molar-refractivity contribution in [3.05, 3.63) is 217 Å². The third-order valence-electron chi connectivity index (χ3n) is 15.3. The first-order valence-electron chi connectivity index (χ1n) is 30.1. The number of carboxylic acids is 1. The zero-order valence-electron chi connectivity index (χ0n) is 53.3. The molecule has 0 saturated carbocycles. The van der Waals surface area contributed by atoms with Gasteiger partial charge in [0.1, 0.15) is 19.0 Å². The lowest BCUT2D eigenvalue weighted by molar-refractivity contribution is -0.192. The number of carboxylic acid groups (broad SMARTS) is 1. The van der Waals surface area contributed by atoms with Crippen LogP contribution in [0.5, 0.6) is 0 Å². The summed E-state index contributed by atoms with van der Waals surface area (Å²) in [6.45, 7) is 0.794. The van der Waals surface area contributed by atoms with Crippen molar-refractivity contribution in [3.63, 3.8) is 0 Å². The van der Waals surface area contributed by atoms with Crippen LogP contribution in [-0.4, -0.2) is 160 Å². The Labute approximate surface area is 563 Å². The number of hydrogen-bond donors (Lipinski definition) is 12. The zero-order valence-corrected chi connectivity index (χ0v) is 53.3. The fraction of sp³-hybridized carbons (Fsp3) is 0.0870. The van der Waals surface area contributed by atoms with Gasteiger partial charge < -0.3 is 32.1 Å². The van der Waals surface area contributed by atoms with Crippen molar-refractivity contribution in [2.24, 2.45) is 11.5 Å². The number of fused-ring (bicyclic) bond motifs is 4. The number of nitrogens with two attached hydrogens (primary N) is 2. The highest BCUT2D eigenvalue weighted by molar-refractivity contribution is 6.03. The number of rotatable bonds is 13. The highest BCUT2D eigenvalue weighted by Crippen LogP contribution is 2.34. The van der Waals surface area contributed by atoms with E-state index in [2.05, 4.69) is 109 Å². The largest absolute Gasteiger partial charge is 0.490 e. The minimum Gasteiger partial charge on any atom is -0.475 e.